The van der Waals surface area contributed by atoms with Crippen LogP contribution in [-0.2, 0) is 11.3 Å². The summed E-state index contributed by atoms with van der Waals surface area (Å²) in [7, 11) is 1.73. The fourth-order valence-corrected chi connectivity index (χ4v) is 1.89. The summed E-state index contributed by atoms with van der Waals surface area (Å²) in [6, 6.07) is 5.50. The van der Waals surface area contributed by atoms with E-state index in [-0.39, 0.29) is 12.5 Å². The van der Waals surface area contributed by atoms with Gasteiger partial charge in [0.1, 0.15) is 0 Å². The first-order valence-corrected chi connectivity index (χ1v) is 7.20. The molecule has 0 aliphatic heterocycles. The van der Waals surface area contributed by atoms with Crippen LogP contribution in [0.3, 0.4) is 0 Å². The van der Waals surface area contributed by atoms with Gasteiger partial charge in [0.05, 0.1) is 12.2 Å². The number of hydrogen-bond donors (Lipinski definition) is 2. The van der Waals surface area contributed by atoms with E-state index in [1.807, 2.05) is 18.2 Å². The molecule has 1 aromatic heterocycles. The monoisotopic (exact) mass is 293 g/mol. The largest absolute Gasteiger partial charge is 0.481 e. The Balaban J connectivity index is 2.09. The summed E-state index contributed by atoms with van der Waals surface area (Å²) in [6.45, 7) is 1.09. The second-order valence-electron chi connectivity index (χ2n) is 4.97. The molecule has 1 rings (SSSR count). The zero-order valence-electron chi connectivity index (χ0n) is 12.4. The maximum absolute atomic E-state index is 11.8. The van der Waals surface area contributed by atoms with Gasteiger partial charge in [0, 0.05) is 26.2 Å². The van der Waals surface area contributed by atoms with E-state index in [0.717, 1.165) is 25.0 Å². The Bertz CT molecular complexity index is 437. The number of urea groups is 1. The molecule has 2 amide bonds. The van der Waals surface area contributed by atoms with Crippen LogP contribution in [0.25, 0.3) is 0 Å². The topological polar surface area (TPSA) is 82.5 Å². The van der Waals surface area contributed by atoms with Crippen molar-refractivity contribution < 1.29 is 14.7 Å². The van der Waals surface area contributed by atoms with E-state index >= 15 is 0 Å². The van der Waals surface area contributed by atoms with Gasteiger partial charge in [0.2, 0.25) is 0 Å². The van der Waals surface area contributed by atoms with Gasteiger partial charge < -0.3 is 15.3 Å². The highest BCUT2D eigenvalue weighted by atomic mass is 16.4. The van der Waals surface area contributed by atoms with Crippen molar-refractivity contribution in [2.45, 2.75) is 38.6 Å². The molecule has 0 unspecified atom stereocenters. The number of carbonyl (C=O) groups excluding carboxylic acids is 1. The van der Waals surface area contributed by atoms with Crippen molar-refractivity contribution in [3.05, 3.63) is 30.1 Å². The van der Waals surface area contributed by atoms with Gasteiger partial charge in [-0.25, -0.2) is 4.79 Å². The van der Waals surface area contributed by atoms with Gasteiger partial charge in [-0.1, -0.05) is 18.9 Å². The molecule has 6 nitrogen and oxygen atoms in total. The predicted molar refractivity (Wildman–Crippen MR) is 79.8 cm³/mol. The van der Waals surface area contributed by atoms with Crippen LogP contribution in [0.4, 0.5) is 4.79 Å². The number of rotatable bonds is 9. The summed E-state index contributed by atoms with van der Waals surface area (Å²) in [5, 5.41) is 11.3. The van der Waals surface area contributed by atoms with Gasteiger partial charge in [0.15, 0.2) is 0 Å². The Hall–Kier alpha value is -2.11. The van der Waals surface area contributed by atoms with E-state index in [1.165, 1.54) is 0 Å². The van der Waals surface area contributed by atoms with Crippen LogP contribution in [0.15, 0.2) is 24.4 Å². The molecule has 0 spiro atoms. The maximum atomic E-state index is 11.8. The molecule has 1 heterocycles. The Morgan fingerprint density at radius 1 is 1.24 bits per heavy atom. The lowest BCUT2D eigenvalue weighted by Crippen LogP contribution is -2.37. The summed E-state index contributed by atoms with van der Waals surface area (Å²) in [4.78, 5) is 27.9. The van der Waals surface area contributed by atoms with Crippen molar-refractivity contribution in [2.75, 3.05) is 13.6 Å². The third-order valence-corrected chi connectivity index (χ3v) is 3.07. The second-order valence-corrected chi connectivity index (χ2v) is 4.97. The van der Waals surface area contributed by atoms with Crippen LogP contribution in [0.1, 0.15) is 37.8 Å². The van der Waals surface area contributed by atoms with Crippen LogP contribution in [0.2, 0.25) is 0 Å². The SMILES string of the molecule is CN(Cc1ccccn1)C(=O)NCCCCCCC(=O)O. The zero-order chi connectivity index (χ0) is 15.5. The van der Waals surface area contributed by atoms with Crippen molar-refractivity contribution in [2.24, 2.45) is 0 Å². The molecular weight excluding hydrogens is 270 g/mol. The predicted octanol–water partition coefficient (Wildman–Crippen LogP) is 2.26. The third-order valence-electron chi connectivity index (χ3n) is 3.07. The third kappa shape index (κ3) is 7.91. The molecule has 0 aromatic carbocycles. The lowest BCUT2D eigenvalue weighted by molar-refractivity contribution is -0.137. The van der Waals surface area contributed by atoms with Crippen LogP contribution in [0.5, 0.6) is 0 Å². The molecule has 1 aromatic rings. The second kappa shape index (κ2) is 9.74. The molecule has 21 heavy (non-hydrogen) atoms. The number of aliphatic carboxylic acids is 1. The fourth-order valence-electron chi connectivity index (χ4n) is 1.89. The number of hydrogen-bond acceptors (Lipinski definition) is 3. The molecule has 116 valence electrons. The van der Waals surface area contributed by atoms with E-state index in [1.54, 1.807) is 18.1 Å². The Kier molecular flexibility index (Phi) is 7.86. The normalized spacial score (nSPS) is 10.1. The van der Waals surface area contributed by atoms with Crippen molar-refractivity contribution >= 4 is 12.0 Å². The highest BCUT2D eigenvalue weighted by molar-refractivity contribution is 5.73. The average Bonchev–Trinajstić information content (AvgIpc) is 2.46. The van der Waals surface area contributed by atoms with E-state index < -0.39 is 5.97 Å². The summed E-state index contributed by atoms with van der Waals surface area (Å²) in [5.41, 5.74) is 0.851. The van der Waals surface area contributed by atoms with Crippen LogP contribution >= 0.6 is 0 Å². The lowest BCUT2D eigenvalue weighted by Gasteiger charge is -2.17. The first-order valence-electron chi connectivity index (χ1n) is 7.20. The number of nitrogens with one attached hydrogen (secondary N) is 1. The minimum absolute atomic E-state index is 0.119. The first kappa shape index (κ1) is 16.9. The summed E-state index contributed by atoms with van der Waals surface area (Å²) in [6.07, 6.45) is 5.30. The molecule has 0 saturated carbocycles. The average molecular weight is 293 g/mol. The van der Waals surface area contributed by atoms with E-state index in [0.29, 0.717) is 19.5 Å². The van der Waals surface area contributed by atoms with Crippen LogP contribution in [0, 0.1) is 0 Å². The molecule has 0 radical (unpaired) electrons. The zero-order valence-corrected chi connectivity index (χ0v) is 12.4. The lowest BCUT2D eigenvalue weighted by atomic mass is 10.1. The van der Waals surface area contributed by atoms with Gasteiger partial charge in [-0.2, -0.15) is 0 Å². The summed E-state index contributed by atoms with van der Waals surface area (Å²) in [5.74, 6) is -0.751. The van der Waals surface area contributed by atoms with Crippen molar-refractivity contribution in [1.29, 1.82) is 0 Å². The minimum Gasteiger partial charge on any atom is -0.481 e. The number of pyridine rings is 1. The quantitative estimate of drug-likeness (QED) is 0.684. The van der Waals surface area contributed by atoms with Crippen molar-refractivity contribution in [3.8, 4) is 0 Å². The van der Waals surface area contributed by atoms with E-state index in [2.05, 4.69) is 10.3 Å². The number of aromatic nitrogens is 1. The van der Waals surface area contributed by atoms with Gasteiger partial charge in [-0.05, 0) is 25.0 Å². The fraction of sp³-hybridized carbons (Fsp3) is 0.533. The van der Waals surface area contributed by atoms with Gasteiger partial charge in [-0.3, -0.25) is 9.78 Å². The summed E-state index contributed by atoms with van der Waals surface area (Å²) < 4.78 is 0. The standard InChI is InChI=1S/C15H23N3O3/c1-18(12-13-8-5-7-10-16-13)15(21)17-11-6-3-2-4-9-14(19)20/h5,7-8,10H,2-4,6,9,11-12H2,1H3,(H,17,21)(H,19,20). The smallest absolute Gasteiger partial charge is 0.317 e. The molecular formula is C15H23N3O3. The number of nitrogens with zero attached hydrogens (tertiary/aromatic N) is 2. The first-order chi connectivity index (χ1) is 10.1. The Labute approximate surface area is 125 Å². The highest BCUT2D eigenvalue weighted by Crippen LogP contribution is 2.03. The number of carbonyl (C=O) groups is 2. The van der Waals surface area contributed by atoms with Gasteiger partial charge >= 0.3 is 12.0 Å². The molecule has 0 aliphatic carbocycles. The molecule has 0 aliphatic rings. The molecule has 0 atom stereocenters. The molecule has 2 N–H and O–H groups in total. The minimum atomic E-state index is -0.751. The summed E-state index contributed by atoms with van der Waals surface area (Å²) >= 11 is 0. The van der Waals surface area contributed by atoms with Crippen LogP contribution < -0.4 is 5.32 Å². The number of carboxylic acid groups (broad SMARTS) is 1. The van der Waals surface area contributed by atoms with E-state index in [4.69, 9.17) is 5.11 Å². The maximum Gasteiger partial charge on any atom is 0.317 e. The molecule has 0 bridgehead atoms. The Morgan fingerprint density at radius 2 is 2.00 bits per heavy atom. The molecule has 0 fully saturated rings. The molecule has 6 heteroatoms. The van der Waals surface area contributed by atoms with Crippen LogP contribution in [-0.4, -0.2) is 40.6 Å². The Morgan fingerprint density at radius 3 is 2.67 bits per heavy atom. The number of amides is 2. The number of carboxylic acids is 1. The van der Waals surface area contributed by atoms with Crippen molar-refractivity contribution in [1.82, 2.24) is 15.2 Å². The highest BCUT2D eigenvalue weighted by Gasteiger charge is 2.08. The van der Waals surface area contributed by atoms with Gasteiger partial charge in [-0.15, -0.1) is 0 Å². The molecule has 0 saturated heterocycles. The van der Waals surface area contributed by atoms with Crippen molar-refractivity contribution in [3.63, 3.8) is 0 Å². The number of unbranched alkanes of at least 4 members (excludes halogenated alkanes) is 3. The van der Waals surface area contributed by atoms with Gasteiger partial charge in [0.25, 0.3) is 0 Å². The van der Waals surface area contributed by atoms with E-state index in [9.17, 15) is 9.59 Å².